The lowest BCUT2D eigenvalue weighted by Crippen LogP contribution is -2.33. The molecule has 150 valence electrons. The van der Waals surface area contributed by atoms with Crippen LogP contribution in [0.2, 0.25) is 0 Å². The van der Waals surface area contributed by atoms with Gasteiger partial charge in [0.2, 0.25) is 0 Å². The standard InChI is InChI=1S/C22H18F4N2O/c23-20-18(22(24,25)26)12-7-13-19(20)28-21(29)27-14-17(15-8-3-1-4-9-15)16-10-5-2-6-11-16/h1-13,17H,14H2,(H2,27,28,29). The van der Waals surface area contributed by atoms with Crippen LogP contribution in [0, 0.1) is 5.82 Å². The van der Waals surface area contributed by atoms with Gasteiger partial charge < -0.3 is 10.6 Å². The Labute approximate surface area is 165 Å². The number of benzene rings is 3. The molecule has 0 atom stereocenters. The minimum Gasteiger partial charge on any atom is -0.337 e. The van der Waals surface area contributed by atoms with E-state index in [0.29, 0.717) is 6.07 Å². The quantitative estimate of drug-likeness (QED) is 0.521. The maximum Gasteiger partial charge on any atom is 0.419 e. The van der Waals surface area contributed by atoms with E-state index in [2.05, 4.69) is 10.6 Å². The molecule has 0 aromatic heterocycles. The van der Waals surface area contributed by atoms with Crippen molar-refractivity contribution >= 4 is 11.7 Å². The molecule has 0 spiro atoms. The smallest absolute Gasteiger partial charge is 0.337 e. The Bertz CT molecular complexity index is 920. The van der Waals surface area contributed by atoms with Gasteiger partial charge in [0.05, 0.1) is 11.3 Å². The van der Waals surface area contributed by atoms with Crippen LogP contribution in [-0.4, -0.2) is 12.6 Å². The van der Waals surface area contributed by atoms with E-state index in [9.17, 15) is 22.4 Å². The van der Waals surface area contributed by atoms with Gasteiger partial charge in [0, 0.05) is 12.5 Å². The van der Waals surface area contributed by atoms with Crippen LogP contribution < -0.4 is 10.6 Å². The van der Waals surface area contributed by atoms with Crippen molar-refractivity contribution in [2.24, 2.45) is 0 Å². The van der Waals surface area contributed by atoms with Gasteiger partial charge in [-0.1, -0.05) is 66.7 Å². The number of carbonyl (C=O) groups is 1. The molecular weight excluding hydrogens is 384 g/mol. The first-order valence-electron chi connectivity index (χ1n) is 8.86. The Morgan fingerprint density at radius 1 is 0.828 bits per heavy atom. The lowest BCUT2D eigenvalue weighted by atomic mass is 9.91. The third kappa shape index (κ3) is 5.13. The van der Waals surface area contributed by atoms with Crippen molar-refractivity contribution < 1.29 is 22.4 Å². The summed E-state index contributed by atoms with van der Waals surface area (Å²) < 4.78 is 52.6. The molecule has 29 heavy (non-hydrogen) atoms. The van der Waals surface area contributed by atoms with E-state index in [-0.39, 0.29) is 12.5 Å². The Balaban J connectivity index is 1.73. The molecule has 0 saturated carbocycles. The van der Waals surface area contributed by atoms with E-state index in [1.165, 1.54) is 0 Å². The Morgan fingerprint density at radius 2 is 1.38 bits per heavy atom. The third-order valence-electron chi connectivity index (χ3n) is 4.42. The van der Waals surface area contributed by atoms with Crippen LogP contribution in [0.4, 0.5) is 28.0 Å². The fraction of sp³-hybridized carbons (Fsp3) is 0.136. The van der Waals surface area contributed by atoms with Gasteiger partial charge in [-0.15, -0.1) is 0 Å². The van der Waals surface area contributed by atoms with Crippen LogP contribution in [0.1, 0.15) is 22.6 Å². The molecule has 0 aliphatic heterocycles. The molecule has 3 rings (SSSR count). The number of nitrogens with one attached hydrogen (secondary N) is 2. The van der Waals surface area contributed by atoms with Crippen LogP contribution in [0.15, 0.2) is 78.9 Å². The molecule has 0 radical (unpaired) electrons. The van der Waals surface area contributed by atoms with Gasteiger partial charge in [0.15, 0.2) is 5.82 Å². The van der Waals surface area contributed by atoms with Gasteiger partial charge in [-0.3, -0.25) is 0 Å². The summed E-state index contributed by atoms with van der Waals surface area (Å²) in [6.45, 7) is 0.181. The first-order chi connectivity index (χ1) is 13.9. The molecular formula is C22H18F4N2O. The van der Waals surface area contributed by atoms with E-state index in [0.717, 1.165) is 23.3 Å². The highest BCUT2D eigenvalue weighted by atomic mass is 19.4. The largest absolute Gasteiger partial charge is 0.419 e. The summed E-state index contributed by atoms with van der Waals surface area (Å²) >= 11 is 0. The zero-order valence-corrected chi connectivity index (χ0v) is 15.2. The second-order valence-electron chi connectivity index (χ2n) is 6.37. The second kappa shape index (κ2) is 8.77. The number of urea groups is 1. The molecule has 0 aliphatic rings. The summed E-state index contributed by atoms with van der Waals surface area (Å²) in [7, 11) is 0. The fourth-order valence-corrected chi connectivity index (χ4v) is 3.01. The number of carbonyl (C=O) groups excluding carboxylic acids is 1. The minimum atomic E-state index is -4.84. The molecule has 3 aromatic carbocycles. The molecule has 0 aliphatic carbocycles. The maximum absolute atomic E-state index is 14.1. The molecule has 0 bridgehead atoms. The first-order valence-corrected chi connectivity index (χ1v) is 8.86. The van der Waals surface area contributed by atoms with E-state index in [1.54, 1.807) is 0 Å². The van der Waals surface area contributed by atoms with Crippen molar-refractivity contribution in [2.45, 2.75) is 12.1 Å². The van der Waals surface area contributed by atoms with Crippen LogP contribution >= 0.6 is 0 Å². The number of hydrogen-bond acceptors (Lipinski definition) is 1. The molecule has 0 unspecified atom stereocenters. The predicted octanol–water partition coefficient (Wildman–Crippen LogP) is 5.80. The highest BCUT2D eigenvalue weighted by Crippen LogP contribution is 2.33. The van der Waals surface area contributed by atoms with Crippen molar-refractivity contribution in [1.29, 1.82) is 0 Å². The van der Waals surface area contributed by atoms with Gasteiger partial charge >= 0.3 is 12.2 Å². The lowest BCUT2D eigenvalue weighted by molar-refractivity contribution is -0.139. The molecule has 7 heteroatoms. The van der Waals surface area contributed by atoms with Crippen molar-refractivity contribution in [3.63, 3.8) is 0 Å². The fourth-order valence-electron chi connectivity index (χ4n) is 3.01. The highest BCUT2D eigenvalue weighted by molar-refractivity contribution is 5.89. The molecule has 3 nitrogen and oxygen atoms in total. The Hall–Kier alpha value is -3.35. The summed E-state index contributed by atoms with van der Waals surface area (Å²) in [6.07, 6.45) is -4.84. The molecule has 0 saturated heterocycles. The van der Waals surface area contributed by atoms with Crippen LogP contribution in [0.3, 0.4) is 0 Å². The first kappa shape index (κ1) is 20.4. The normalized spacial score (nSPS) is 11.3. The minimum absolute atomic E-state index is 0.172. The van der Waals surface area contributed by atoms with E-state index >= 15 is 0 Å². The van der Waals surface area contributed by atoms with Crippen LogP contribution in [0.5, 0.6) is 0 Å². The lowest BCUT2D eigenvalue weighted by Gasteiger charge is -2.19. The predicted molar refractivity (Wildman–Crippen MR) is 103 cm³/mol. The number of alkyl halides is 3. The van der Waals surface area contributed by atoms with Crippen molar-refractivity contribution in [1.82, 2.24) is 5.32 Å². The van der Waals surface area contributed by atoms with Gasteiger partial charge in [-0.2, -0.15) is 13.2 Å². The Kier molecular flexibility index (Phi) is 6.16. The topological polar surface area (TPSA) is 41.1 Å². The Morgan fingerprint density at radius 3 is 1.90 bits per heavy atom. The van der Waals surface area contributed by atoms with Gasteiger partial charge in [0.25, 0.3) is 0 Å². The summed E-state index contributed by atoms with van der Waals surface area (Å²) in [5.74, 6) is -1.69. The van der Waals surface area contributed by atoms with Gasteiger partial charge in [-0.05, 0) is 23.3 Å². The van der Waals surface area contributed by atoms with Gasteiger partial charge in [-0.25, -0.2) is 9.18 Å². The third-order valence-corrected chi connectivity index (χ3v) is 4.42. The number of hydrogen-bond donors (Lipinski definition) is 2. The van der Waals surface area contributed by atoms with Gasteiger partial charge in [0.1, 0.15) is 0 Å². The zero-order valence-electron chi connectivity index (χ0n) is 15.2. The van der Waals surface area contributed by atoms with E-state index < -0.39 is 29.3 Å². The number of amides is 2. The summed E-state index contributed by atoms with van der Waals surface area (Å²) in [6, 6.07) is 20.9. The molecule has 2 N–H and O–H groups in total. The van der Waals surface area contributed by atoms with Crippen LogP contribution in [0.25, 0.3) is 0 Å². The summed E-state index contributed by atoms with van der Waals surface area (Å²) in [5, 5.41) is 4.77. The monoisotopic (exact) mass is 402 g/mol. The van der Waals surface area contributed by atoms with E-state index in [1.807, 2.05) is 60.7 Å². The SMILES string of the molecule is O=C(NCC(c1ccccc1)c1ccccc1)Nc1cccc(C(F)(F)F)c1F. The average molecular weight is 402 g/mol. The summed E-state index contributed by atoms with van der Waals surface area (Å²) in [5.41, 5.74) is -0.0384. The summed E-state index contributed by atoms with van der Waals surface area (Å²) in [4.78, 5) is 12.2. The zero-order chi connectivity index (χ0) is 20.9. The number of halogens is 4. The molecule has 0 heterocycles. The van der Waals surface area contributed by atoms with Crippen molar-refractivity contribution in [3.05, 3.63) is 101 Å². The maximum atomic E-state index is 14.1. The van der Waals surface area contributed by atoms with E-state index in [4.69, 9.17) is 0 Å². The van der Waals surface area contributed by atoms with Crippen molar-refractivity contribution in [3.8, 4) is 0 Å². The molecule has 0 fully saturated rings. The number of rotatable bonds is 5. The molecule has 3 aromatic rings. The molecule has 2 amide bonds. The average Bonchev–Trinajstić information content (AvgIpc) is 2.70. The number of anilines is 1. The van der Waals surface area contributed by atoms with Crippen molar-refractivity contribution in [2.75, 3.05) is 11.9 Å². The van der Waals surface area contributed by atoms with Crippen LogP contribution in [-0.2, 0) is 6.18 Å². The second-order valence-corrected chi connectivity index (χ2v) is 6.37. The highest BCUT2D eigenvalue weighted by Gasteiger charge is 2.35.